The zero-order valence-corrected chi connectivity index (χ0v) is 5.60. The molecule has 0 saturated carbocycles. The first-order valence-corrected chi connectivity index (χ1v) is 3.82. The van der Waals surface area contributed by atoms with E-state index in [1.807, 2.05) is 0 Å². The smallest absolute Gasteiger partial charge is 0.394 e. The summed E-state index contributed by atoms with van der Waals surface area (Å²) in [5.41, 5.74) is 0. The zero-order valence-electron chi connectivity index (χ0n) is 4.60. The van der Waals surface area contributed by atoms with Crippen molar-refractivity contribution in [3.8, 4) is 0 Å². The maximum absolute atomic E-state index is 7.62. The van der Waals surface area contributed by atoms with Gasteiger partial charge in [-0.1, -0.05) is 0 Å². The molecule has 7 heteroatoms. The molecule has 6 nitrogen and oxygen atoms in total. The van der Waals surface area contributed by atoms with E-state index < -0.39 is 9.05 Å². The molecule has 0 amide bonds. The fourth-order valence-corrected chi connectivity index (χ4v) is 0. The van der Waals surface area contributed by atoms with E-state index in [1.54, 1.807) is 0 Å². The van der Waals surface area contributed by atoms with Gasteiger partial charge in [0.25, 0.3) is 0 Å². The maximum Gasteiger partial charge on any atom is 0.668 e. The monoisotopic (exact) mass is 158 g/mol. The minimum absolute atomic E-state index is 0.125. The van der Waals surface area contributed by atoms with Crippen LogP contribution in [0.3, 0.4) is 0 Å². The Balaban J connectivity index is 0. The molecule has 0 fully saturated rings. The highest BCUT2D eigenvalue weighted by atomic mass is 28.4. The first-order chi connectivity index (χ1) is 3.91. The van der Waals surface area contributed by atoms with Crippen LogP contribution >= 0.6 is 0 Å². The fraction of sp³-hybridized carbons (Fsp3) is 1.00. The fourth-order valence-electron chi connectivity index (χ4n) is 0. The maximum atomic E-state index is 7.62. The number of aliphatic hydroxyl groups is 2. The van der Waals surface area contributed by atoms with Crippen LogP contribution in [0.1, 0.15) is 0 Å². The van der Waals surface area contributed by atoms with Gasteiger partial charge in [0, 0.05) is 0 Å². The Bertz CT molecular complexity index is 41.5. The van der Waals surface area contributed by atoms with Crippen molar-refractivity contribution in [1.82, 2.24) is 0 Å². The van der Waals surface area contributed by atoms with Crippen LogP contribution in [0.15, 0.2) is 0 Å². The molecule has 0 aromatic heterocycles. The molecule has 0 radical (unpaired) electrons. The molecule has 0 aromatic carbocycles. The van der Waals surface area contributed by atoms with E-state index in [1.165, 1.54) is 0 Å². The van der Waals surface area contributed by atoms with Gasteiger partial charge in [-0.3, -0.25) is 0 Å². The Hall–Kier alpha value is -0.0231. The summed E-state index contributed by atoms with van der Waals surface area (Å²) >= 11 is 0. The first kappa shape index (κ1) is 11.7. The lowest BCUT2D eigenvalue weighted by Gasteiger charge is -1.91. The Morgan fingerprint density at radius 3 is 0.889 bits per heavy atom. The van der Waals surface area contributed by atoms with E-state index >= 15 is 0 Å². The Labute approximate surface area is 52.7 Å². The highest BCUT2D eigenvalue weighted by Crippen LogP contribution is 1.67. The summed E-state index contributed by atoms with van der Waals surface area (Å²) < 4.78 is 0. The largest absolute Gasteiger partial charge is 0.668 e. The van der Waals surface area contributed by atoms with Gasteiger partial charge >= 0.3 is 9.05 Å². The molecule has 0 saturated heterocycles. The van der Waals surface area contributed by atoms with Gasteiger partial charge in [-0.15, -0.1) is 0 Å². The second kappa shape index (κ2) is 6.10. The van der Waals surface area contributed by atoms with Crippen molar-refractivity contribution < 1.29 is 29.4 Å². The average Bonchev–Trinajstić information content (AvgIpc) is 1.61. The molecule has 0 aliphatic carbocycles. The molecular weight excluding hydrogens is 148 g/mol. The van der Waals surface area contributed by atoms with E-state index in [2.05, 4.69) is 0 Å². The third-order valence-corrected chi connectivity index (χ3v) is 0.1000. The Kier molecular flexibility index (Phi) is 7.96. The predicted octanol–water partition coefficient (Wildman–Crippen LogP) is -3.64. The zero-order chi connectivity index (χ0) is 7.91. The number of hydrogen-bond acceptors (Lipinski definition) is 6. The molecular formula is C2H10O6Si. The molecule has 0 aromatic rings. The minimum Gasteiger partial charge on any atom is -0.394 e. The van der Waals surface area contributed by atoms with Gasteiger partial charge in [0.15, 0.2) is 0 Å². The lowest BCUT2D eigenvalue weighted by molar-refractivity contribution is 0.117. The van der Waals surface area contributed by atoms with Crippen LogP contribution in [0.2, 0.25) is 0 Å². The van der Waals surface area contributed by atoms with Crippen LogP contribution < -0.4 is 0 Å². The Morgan fingerprint density at radius 1 is 0.778 bits per heavy atom. The second-order valence-electron chi connectivity index (χ2n) is 1.05. The molecule has 6 N–H and O–H groups in total. The summed E-state index contributed by atoms with van der Waals surface area (Å²) in [7, 11) is -4.61. The molecule has 0 rings (SSSR count). The van der Waals surface area contributed by atoms with Crippen LogP contribution in [0.5, 0.6) is 0 Å². The molecule has 9 heavy (non-hydrogen) atoms. The molecule has 0 spiro atoms. The van der Waals surface area contributed by atoms with Gasteiger partial charge in [-0.2, -0.15) is 0 Å². The molecule has 0 aliphatic heterocycles. The summed E-state index contributed by atoms with van der Waals surface area (Å²) in [6, 6.07) is 0. The van der Waals surface area contributed by atoms with Crippen molar-refractivity contribution in [2.24, 2.45) is 0 Å². The standard InChI is InChI=1S/C2H6O2.H4O4Si/c3-1-2-4;1-5(2,3)4/h3-4H,1-2H2;1-4H. The van der Waals surface area contributed by atoms with Crippen LogP contribution in [0.25, 0.3) is 0 Å². The summed E-state index contributed by atoms with van der Waals surface area (Å²) in [5.74, 6) is 0. The normalized spacial score (nSPS) is 10.0. The topological polar surface area (TPSA) is 121 Å². The van der Waals surface area contributed by atoms with E-state index in [9.17, 15) is 0 Å². The van der Waals surface area contributed by atoms with Crippen molar-refractivity contribution in [2.45, 2.75) is 0 Å². The van der Waals surface area contributed by atoms with Crippen LogP contribution in [-0.2, 0) is 0 Å². The van der Waals surface area contributed by atoms with Gasteiger partial charge in [-0.25, -0.2) is 0 Å². The third-order valence-electron chi connectivity index (χ3n) is 0.1000. The number of rotatable bonds is 1. The van der Waals surface area contributed by atoms with Crippen molar-refractivity contribution in [2.75, 3.05) is 13.2 Å². The molecule has 0 aliphatic rings. The van der Waals surface area contributed by atoms with E-state index in [0.29, 0.717) is 0 Å². The van der Waals surface area contributed by atoms with Crippen molar-refractivity contribution >= 4 is 9.05 Å². The third kappa shape index (κ3) is 299. The van der Waals surface area contributed by atoms with Gasteiger partial charge in [0.1, 0.15) is 0 Å². The van der Waals surface area contributed by atoms with Gasteiger partial charge in [-0.05, 0) is 0 Å². The van der Waals surface area contributed by atoms with Crippen molar-refractivity contribution in [3.05, 3.63) is 0 Å². The van der Waals surface area contributed by atoms with Crippen LogP contribution in [-0.4, -0.2) is 51.7 Å². The Morgan fingerprint density at radius 2 is 0.889 bits per heavy atom. The number of hydrogen-bond donors (Lipinski definition) is 6. The van der Waals surface area contributed by atoms with E-state index in [4.69, 9.17) is 29.4 Å². The first-order valence-electron chi connectivity index (χ1n) is 2.03. The number of aliphatic hydroxyl groups excluding tert-OH is 2. The minimum atomic E-state index is -4.61. The van der Waals surface area contributed by atoms with Crippen molar-refractivity contribution in [3.63, 3.8) is 0 Å². The highest BCUT2D eigenvalue weighted by Gasteiger charge is 2.22. The van der Waals surface area contributed by atoms with Gasteiger partial charge in [0.2, 0.25) is 0 Å². The summed E-state index contributed by atoms with van der Waals surface area (Å²) in [4.78, 5) is 29.3. The van der Waals surface area contributed by atoms with Gasteiger partial charge in [0.05, 0.1) is 13.2 Å². The van der Waals surface area contributed by atoms with Crippen LogP contribution in [0, 0.1) is 0 Å². The average molecular weight is 158 g/mol. The lowest BCUT2D eigenvalue weighted by Crippen LogP contribution is -2.33. The SMILES string of the molecule is OCCO.O[Si](O)(O)O. The summed E-state index contributed by atoms with van der Waals surface area (Å²) in [5, 5.41) is 15.2. The van der Waals surface area contributed by atoms with E-state index in [0.717, 1.165) is 0 Å². The molecule has 0 atom stereocenters. The quantitative estimate of drug-likeness (QED) is 0.219. The molecule has 58 valence electrons. The molecule has 0 unspecified atom stereocenters. The predicted molar refractivity (Wildman–Crippen MR) is 28.8 cm³/mol. The summed E-state index contributed by atoms with van der Waals surface area (Å²) in [6.07, 6.45) is 0. The van der Waals surface area contributed by atoms with Gasteiger partial charge < -0.3 is 29.4 Å². The van der Waals surface area contributed by atoms with E-state index in [-0.39, 0.29) is 13.2 Å². The lowest BCUT2D eigenvalue weighted by atomic mass is 10.8. The second-order valence-corrected chi connectivity index (χ2v) is 2.25. The van der Waals surface area contributed by atoms with Crippen molar-refractivity contribution in [1.29, 1.82) is 0 Å². The molecule has 0 heterocycles. The summed E-state index contributed by atoms with van der Waals surface area (Å²) in [6.45, 7) is -0.250. The van der Waals surface area contributed by atoms with Crippen LogP contribution in [0.4, 0.5) is 0 Å². The highest BCUT2D eigenvalue weighted by molar-refractivity contribution is 6.46. The molecule has 0 bridgehead atoms.